The van der Waals surface area contributed by atoms with E-state index in [1.807, 2.05) is 54.7 Å². The number of ether oxygens (including phenoxy) is 3. The van der Waals surface area contributed by atoms with E-state index in [-0.39, 0.29) is 0 Å². The molecule has 2 aromatic heterocycles. The molecule has 0 aliphatic carbocycles. The lowest BCUT2D eigenvalue weighted by Crippen LogP contribution is -1.99. The number of hydrogen-bond acceptors (Lipinski definition) is 6. The number of aromatic nitrogens is 1. The van der Waals surface area contributed by atoms with Gasteiger partial charge >= 0.3 is 0 Å². The average Bonchev–Trinajstić information content (AvgIpc) is 3.22. The number of fused-ring (bicyclic) bond motifs is 1. The second-order valence-corrected chi connectivity index (χ2v) is 7.77. The van der Waals surface area contributed by atoms with Crippen molar-refractivity contribution < 1.29 is 14.2 Å². The molecule has 4 aromatic rings. The number of anilines is 1. The van der Waals surface area contributed by atoms with E-state index in [0.29, 0.717) is 19.0 Å². The number of rotatable bonds is 8. The first kappa shape index (κ1) is 20.0. The summed E-state index contributed by atoms with van der Waals surface area (Å²) in [7, 11) is 1.66. The van der Waals surface area contributed by atoms with Crippen molar-refractivity contribution in [1.82, 2.24) is 4.98 Å². The molecule has 0 aliphatic rings. The molecule has 154 valence electrons. The molecule has 0 saturated heterocycles. The maximum Gasteiger partial charge on any atom is 0.132 e. The molecule has 2 aromatic carbocycles. The molecule has 0 spiro atoms. The highest BCUT2D eigenvalue weighted by Gasteiger charge is 2.12. The second kappa shape index (κ2) is 9.05. The molecule has 0 aliphatic heterocycles. The fourth-order valence-electron chi connectivity index (χ4n) is 3.28. The molecule has 0 radical (unpaired) electrons. The van der Waals surface area contributed by atoms with Gasteiger partial charge in [-0.2, -0.15) is 0 Å². The predicted molar refractivity (Wildman–Crippen MR) is 122 cm³/mol. The molecule has 5 nitrogen and oxygen atoms in total. The first-order chi connectivity index (χ1) is 14.7. The van der Waals surface area contributed by atoms with Crippen LogP contribution in [0, 0.1) is 0 Å². The van der Waals surface area contributed by atoms with Crippen LogP contribution in [0.4, 0.5) is 5.82 Å². The fraction of sp³-hybridized carbons (Fsp3) is 0.208. The molecular formula is C24H24N2O3S. The van der Waals surface area contributed by atoms with Crippen molar-refractivity contribution in [3.05, 3.63) is 76.8 Å². The van der Waals surface area contributed by atoms with Crippen LogP contribution in [0.1, 0.15) is 23.6 Å². The molecule has 0 bridgehead atoms. The van der Waals surface area contributed by atoms with E-state index in [1.165, 1.54) is 10.3 Å². The van der Waals surface area contributed by atoms with E-state index in [4.69, 9.17) is 19.9 Å². The molecular weight excluding hydrogens is 396 g/mol. The maximum atomic E-state index is 6.14. The highest BCUT2D eigenvalue weighted by Crippen LogP contribution is 2.33. The zero-order valence-corrected chi connectivity index (χ0v) is 17.9. The smallest absolute Gasteiger partial charge is 0.132 e. The Morgan fingerprint density at radius 2 is 1.67 bits per heavy atom. The summed E-state index contributed by atoms with van der Waals surface area (Å²) in [6.45, 7) is 3.01. The van der Waals surface area contributed by atoms with E-state index >= 15 is 0 Å². The summed E-state index contributed by atoms with van der Waals surface area (Å²) in [4.78, 5) is 4.35. The Kier molecular flexibility index (Phi) is 6.05. The number of aryl methyl sites for hydroxylation is 1. The minimum Gasteiger partial charge on any atom is -0.497 e. The number of thiophene rings is 1. The van der Waals surface area contributed by atoms with E-state index in [1.54, 1.807) is 18.4 Å². The summed E-state index contributed by atoms with van der Waals surface area (Å²) in [5.41, 5.74) is 9.45. The van der Waals surface area contributed by atoms with Crippen molar-refractivity contribution in [3.8, 4) is 17.2 Å². The third-order valence-electron chi connectivity index (χ3n) is 4.89. The van der Waals surface area contributed by atoms with Gasteiger partial charge in [0, 0.05) is 27.9 Å². The predicted octanol–water partition coefficient (Wildman–Crippen LogP) is 5.61. The van der Waals surface area contributed by atoms with Crippen LogP contribution in [0.5, 0.6) is 17.2 Å². The molecule has 0 amide bonds. The number of benzene rings is 2. The topological polar surface area (TPSA) is 66.6 Å². The average molecular weight is 421 g/mol. The van der Waals surface area contributed by atoms with Crippen LogP contribution in [-0.2, 0) is 19.6 Å². The van der Waals surface area contributed by atoms with Gasteiger partial charge in [-0.05, 0) is 47.2 Å². The lowest BCUT2D eigenvalue weighted by Gasteiger charge is -2.10. The Morgan fingerprint density at radius 3 is 2.43 bits per heavy atom. The summed E-state index contributed by atoms with van der Waals surface area (Å²) in [5.74, 6) is 2.87. The number of pyridine rings is 1. The van der Waals surface area contributed by atoms with E-state index in [2.05, 4.69) is 17.3 Å². The Balaban J connectivity index is 1.44. The number of nitrogens with two attached hydrogens (primary N) is 1. The summed E-state index contributed by atoms with van der Waals surface area (Å²) in [5, 5.41) is 3.11. The quantitative estimate of drug-likeness (QED) is 0.401. The number of nitrogen functional groups attached to an aromatic ring is 1. The Morgan fingerprint density at radius 1 is 0.933 bits per heavy atom. The van der Waals surface area contributed by atoms with Gasteiger partial charge in [-0.25, -0.2) is 4.98 Å². The van der Waals surface area contributed by atoms with Crippen LogP contribution in [0.2, 0.25) is 0 Å². The van der Waals surface area contributed by atoms with Crippen molar-refractivity contribution in [1.29, 1.82) is 0 Å². The van der Waals surface area contributed by atoms with Gasteiger partial charge in [-0.3, -0.25) is 0 Å². The van der Waals surface area contributed by atoms with Crippen LogP contribution >= 0.6 is 11.3 Å². The van der Waals surface area contributed by atoms with Gasteiger partial charge in [-0.15, -0.1) is 11.3 Å². The number of methoxy groups -OCH3 is 1. The van der Waals surface area contributed by atoms with Crippen LogP contribution in [-0.4, -0.2) is 12.1 Å². The van der Waals surface area contributed by atoms with E-state index < -0.39 is 0 Å². The summed E-state index contributed by atoms with van der Waals surface area (Å²) in [6, 6.07) is 15.5. The number of nitrogens with zero attached hydrogens (tertiary/aromatic N) is 1. The van der Waals surface area contributed by atoms with Gasteiger partial charge < -0.3 is 19.9 Å². The molecule has 0 atom stereocenters. The second-order valence-electron chi connectivity index (χ2n) is 6.89. The molecule has 2 heterocycles. The normalized spacial score (nSPS) is 10.9. The van der Waals surface area contributed by atoms with Crippen molar-refractivity contribution in [2.75, 3.05) is 12.8 Å². The van der Waals surface area contributed by atoms with Crippen LogP contribution < -0.4 is 19.9 Å². The highest BCUT2D eigenvalue weighted by molar-refractivity contribution is 7.17. The third-order valence-corrected chi connectivity index (χ3v) is 6.00. The third kappa shape index (κ3) is 4.33. The minimum absolute atomic E-state index is 0.429. The lowest BCUT2D eigenvalue weighted by atomic mass is 10.1. The van der Waals surface area contributed by atoms with Gasteiger partial charge in [0.15, 0.2) is 0 Å². The first-order valence-electron chi connectivity index (χ1n) is 9.80. The van der Waals surface area contributed by atoms with Crippen LogP contribution in [0.3, 0.4) is 0 Å². The molecule has 0 unspecified atom stereocenters. The monoisotopic (exact) mass is 420 g/mol. The SMILES string of the molecule is CCc1cnc(N)c2c(COc3cccc(OCc4cccc(OC)c4)c3)csc12. The Bertz CT molecular complexity index is 1160. The number of hydrogen-bond donors (Lipinski definition) is 1. The van der Waals surface area contributed by atoms with Crippen molar-refractivity contribution >= 4 is 27.2 Å². The standard InChI is InChI=1S/C24H24N2O3S/c1-3-17-12-26-24(25)22-18(15-30-23(17)22)14-29-21-9-5-8-20(11-21)28-13-16-6-4-7-19(10-16)27-2/h4-12,15H,3,13-14H2,1-2H3,(H2,25,26). The Labute approximate surface area is 180 Å². The lowest BCUT2D eigenvalue weighted by molar-refractivity contribution is 0.290. The van der Waals surface area contributed by atoms with Gasteiger partial charge in [0.2, 0.25) is 0 Å². The largest absolute Gasteiger partial charge is 0.497 e. The van der Waals surface area contributed by atoms with Crippen molar-refractivity contribution in [3.63, 3.8) is 0 Å². The van der Waals surface area contributed by atoms with Gasteiger partial charge in [-0.1, -0.05) is 25.1 Å². The van der Waals surface area contributed by atoms with Crippen LogP contribution in [0.25, 0.3) is 10.1 Å². The molecule has 4 rings (SSSR count). The molecule has 30 heavy (non-hydrogen) atoms. The first-order valence-corrected chi connectivity index (χ1v) is 10.7. The van der Waals surface area contributed by atoms with Crippen molar-refractivity contribution in [2.24, 2.45) is 0 Å². The summed E-state index contributed by atoms with van der Waals surface area (Å²) >= 11 is 1.69. The molecule has 2 N–H and O–H groups in total. The van der Waals surface area contributed by atoms with E-state index in [0.717, 1.165) is 40.2 Å². The Hall–Kier alpha value is -3.25. The van der Waals surface area contributed by atoms with Crippen molar-refractivity contribution in [2.45, 2.75) is 26.6 Å². The zero-order valence-electron chi connectivity index (χ0n) is 17.1. The van der Waals surface area contributed by atoms with E-state index in [9.17, 15) is 0 Å². The summed E-state index contributed by atoms with van der Waals surface area (Å²) in [6.07, 6.45) is 2.79. The summed E-state index contributed by atoms with van der Waals surface area (Å²) < 4.78 is 18.4. The zero-order chi connectivity index (χ0) is 20.9. The van der Waals surface area contributed by atoms with Gasteiger partial charge in [0.25, 0.3) is 0 Å². The highest BCUT2D eigenvalue weighted by atomic mass is 32.1. The fourth-order valence-corrected chi connectivity index (χ4v) is 4.43. The maximum absolute atomic E-state index is 6.14. The van der Waals surface area contributed by atoms with Gasteiger partial charge in [0.1, 0.15) is 36.3 Å². The molecule has 0 fully saturated rings. The van der Waals surface area contributed by atoms with Crippen LogP contribution in [0.15, 0.2) is 60.1 Å². The minimum atomic E-state index is 0.429. The van der Waals surface area contributed by atoms with Gasteiger partial charge in [0.05, 0.1) is 7.11 Å². The molecule has 6 heteroatoms. The molecule has 0 saturated carbocycles.